The Morgan fingerprint density at radius 2 is 1.97 bits per heavy atom. The number of carbonyl (C=O) groups excluding carboxylic acids is 1. The van der Waals surface area contributed by atoms with Crippen LogP contribution in [0.4, 0.5) is 5.13 Å². The number of carbonyl (C=O) groups is 1. The lowest BCUT2D eigenvalue weighted by Crippen LogP contribution is -2.07. The van der Waals surface area contributed by atoms with Gasteiger partial charge in [0.2, 0.25) is 5.91 Å². The zero-order chi connectivity index (χ0) is 20.6. The monoisotopic (exact) mass is 408 g/mol. The Labute approximate surface area is 175 Å². The molecule has 0 unspecified atom stereocenters. The number of ether oxygens (including phenoxy) is 2. The Morgan fingerprint density at radius 1 is 1.17 bits per heavy atom. The second-order valence-corrected chi connectivity index (χ2v) is 7.57. The van der Waals surface area contributed by atoms with Crippen molar-refractivity contribution < 1.29 is 14.3 Å². The Hall–Kier alpha value is -3.12. The van der Waals surface area contributed by atoms with Crippen LogP contribution in [0.1, 0.15) is 23.8 Å². The van der Waals surface area contributed by atoms with Gasteiger partial charge in [-0.1, -0.05) is 43.3 Å². The molecule has 0 bridgehead atoms. The lowest BCUT2D eigenvalue weighted by molar-refractivity contribution is -0.111. The molecule has 1 amide bonds. The molecule has 150 valence electrons. The van der Waals surface area contributed by atoms with Crippen LogP contribution in [0.3, 0.4) is 0 Å². The average Bonchev–Trinajstić information content (AvgIpc) is 3.11. The van der Waals surface area contributed by atoms with Crippen molar-refractivity contribution in [3.8, 4) is 22.8 Å². The van der Waals surface area contributed by atoms with Crippen molar-refractivity contribution in [1.29, 1.82) is 0 Å². The summed E-state index contributed by atoms with van der Waals surface area (Å²) in [5, 5.41) is 3.42. The molecule has 0 saturated heterocycles. The molecule has 3 aromatic rings. The van der Waals surface area contributed by atoms with Crippen molar-refractivity contribution in [1.82, 2.24) is 4.98 Å². The van der Waals surface area contributed by atoms with Gasteiger partial charge < -0.3 is 9.47 Å². The van der Waals surface area contributed by atoms with Gasteiger partial charge in [0.1, 0.15) is 0 Å². The zero-order valence-corrected chi connectivity index (χ0v) is 17.6. The van der Waals surface area contributed by atoms with Gasteiger partial charge in [0.05, 0.1) is 19.4 Å². The maximum Gasteiger partial charge on any atom is 0.250 e. The summed E-state index contributed by atoms with van der Waals surface area (Å²) in [6.07, 6.45) is 4.15. The van der Waals surface area contributed by atoms with Crippen LogP contribution < -0.4 is 14.8 Å². The minimum Gasteiger partial charge on any atom is -0.493 e. The highest BCUT2D eigenvalue weighted by Crippen LogP contribution is 2.30. The molecule has 2 aromatic carbocycles. The van der Waals surface area contributed by atoms with Gasteiger partial charge in [0.25, 0.3) is 0 Å². The molecule has 6 heteroatoms. The van der Waals surface area contributed by atoms with E-state index in [4.69, 9.17) is 9.47 Å². The molecule has 0 aliphatic rings. The molecule has 29 heavy (non-hydrogen) atoms. The highest BCUT2D eigenvalue weighted by Gasteiger charge is 2.11. The first kappa shape index (κ1) is 20.6. The summed E-state index contributed by atoms with van der Waals surface area (Å²) < 4.78 is 11.0. The molecule has 0 aliphatic heterocycles. The molecule has 0 atom stereocenters. The fraction of sp³-hybridized carbons (Fsp3) is 0.217. The fourth-order valence-electron chi connectivity index (χ4n) is 2.75. The molecule has 0 spiro atoms. The highest BCUT2D eigenvalue weighted by atomic mass is 32.1. The third kappa shape index (κ3) is 5.45. The van der Waals surface area contributed by atoms with Crippen LogP contribution in [0, 0.1) is 6.92 Å². The van der Waals surface area contributed by atoms with Gasteiger partial charge in [-0.15, -0.1) is 11.3 Å². The Kier molecular flexibility index (Phi) is 7.03. The van der Waals surface area contributed by atoms with Crippen LogP contribution in [0.25, 0.3) is 17.3 Å². The van der Waals surface area contributed by atoms with E-state index < -0.39 is 0 Å². The van der Waals surface area contributed by atoms with Crippen molar-refractivity contribution in [3.63, 3.8) is 0 Å². The summed E-state index contributed by atoms with van der Waals surface area (Å²) in [7, 11) is 1.60. The smallest absolute Gasteiger partial charge is 0.250 e. The molecule has 1 N–H and O–H groups in total. The summed E-state index contributed by atoms with van der Waals surface area (Å²) in [4.78, 5) is 17.9. The van der Waals surface area contributed by atoms with Gasteiger partial charge >= 0.3 is 0 Å². The summed E-state index contributed by atoms with van der Waals surface area (Å²) in [5.41, 5.74) is 2.78. The number of aryl methyl sites for hydroxylation is 1. The van der Waals surface area contributed by atoms with E-state index in [0.717, 1.165) is 28.1 Å². The molecule has 1 heterocycles. The molecule has 0 radical (unpaired) electrons. The number of thiazole rings is 1. The standard InChI is InChI=1S/C23H24N2O3S/c1-4-14-28-19-12-10-17(15-20(19)27-3)11-13-21(26)24-23-25-22(16(2)29-23)18-8-6-5-7-9-18/h5-13,15H,4,14H2,1-3H3,(H,24,25,26)/b13-11+. The molecule has 0 aliphatic carbocycles. The van der Waals surface area contributed by atoms with E-state index in [1.165, 1.54) is 17.4 Å². The number of amides is 1. The quantitative estimate of drug-likeness (QED) is 0.495. The molecular formula is C23H24N2O3S. The van der Waals surface area contributed by atoms with E-state index >= 15 is 0 Å². The molecule has 0 fully saturated rings. The SMILES string of the molecule is CCCOc1ccc(/C=C/C(=O)Nc2nc(-c3ccccc3)c(C)s2)cc1OC. The van der Waals surface area contributed by atoms with Gasteiger partial charge in [0.15, 0.2) is 16.6 Å². The van der Waals surface area contributed by atoms with Crippen LogP contribution in [0.5, 0.6) is 11.5 Å². The first-order valence-electron chi connectivity index (χ1n) is 9.43. The normalized spacial score (nSPS) is 10.9. The number of hydrogen-bond acceptors (Lipinski definition) is 5. The number of methoxy groups -OCH3 is 1. The van der Waals surface area contributed by atoms with Crippen LogP contribution in [-0.4, -0.2) is 24.6 Å². The van der Waals surface area contributed by atoms with E-state index in [1.807, 2.05) is 55.5 Å². The Balaban J connectivity index is 1.67. The third-order valence-corrected chi connectivity index (χ3v) is 5.04. The largest absolute Gasteiger partial charge is 0.493 e. The summed E-state index contributed by atoms with van der Waals surface area (Å²) in [6, 6.07) is 15.5. The average molecular weight is 409 g/mol. The van der Waals surface area contributed by atoms with E-state index in [2.05, 4.69) is 17.2 Å². The van der Waals surface area contributed by atoms with Gasteiger partial charge in [-0.25, -0.2) is 4.98 Å². The number of aromatic nitrogens is 1. The van der Waals surface area contributed by atoms with E-state index in [9.17, 15) is 4.79 Å². The number of rotatable bonds is 8. The number of nitrogens with zero attached hydrogens (tertiary/aromatic N) is 1. The third-order valence-electron chi connectivity index (χ3n) is 4.15. The van der Waals surface area contributed by atoms with Crippen LogP contribution in [0.15, 0.2) is 54.6 Å². The van der Waals surface area contributed by atoms with Crippen molar-refractivity contribution >= 4 is 28.5 Å². The number of benzene rings is 2. The summed E-state index contributed by atoms with van der Waals surface area (Å²) >= 11 is 1.46. The molecule has 3 rings (SSSR count). The summed E-state index contributed by atoms with van der Waals surface area (Å²) in [5.74, 6) is 1.11. The van der Waals surface area contributed by atoms with Crippen LogP contribution >= 0.6 is 11.3 Å². The molecular weight excluding hydrogens is 384 g/mol. The van der Waals surface area contributed by atoms with Gasteiger partial charge in [-0.05, 0) is 37.1 Å². The first-order chi connectivity index (χ1) is 14.1. The Bertz CT molecular complexity index is 997. The predicted octanol–water partition coefficient (Wildman–Crippen LogP) is 5.57. The first-order valence-corrected chi connectivity index (χ1v) is 10.2. The molecule has 1 aromatic heterocycles. The molecule has 5 nitrogen and oxygen atoms in total. The Morgan fingerprint density at radius 3 is 2.69 bits per heavy atom. The minimum absolute atomic E-state index is 0.233. The van der Waals surface area contributed by atoms with Crippen LogP contribution in [-0.2, 0) is 4.79 Å². The zero-order valence-electron chi connectivity index (χ0n) is 16.8. The number of nitrogens with one attached hydrogen (secondary N) is 1. The lowest BCUT2D eigenvalue weighted by Gasteiger charge is -2.10. The fourth-order valence-corrected chi connectivity index (χ4v) is 3.59. The van der Waals surface area contributed by atoms with Gasteiger partial charge in [-0.3, -0.25) is 10.1 Å². The van der Waals surface area contributed by atoms with Gasteiger partial charge in [-0.2, -0.15) is 0 Å². The number of hydrogen-bond donors (Lipinski definition) is 1. The topological polar surface area (TPSA) is 60.5 Å². The number of anilines is 1. The van der Waals surface area contributed by atoms with E-state index in [0.29, 0.717) is 23.2 Å². The van der Waals surface area contributed by atoms with Crippen molar-refractivity contribution in [2.75, 3.05) is 19.0 Å². The van der Waals surface area contributed by atoms with Crippen LogP contribution in [0.2, 0.25) is 0 Å². The maximum absolute atomic E-state index is 12.3. The second kappa shape index (κ2) is 9.89. The minimum atomic E-state index is -0.233. The highest BCUT2D eigenvalue weighted by molar-refractivity contribution is 7.16. The van der Waals surface area contributed by atoms with E-state index in [-0.39, 0.29) is 5.91 Å². The van der Waals surface area contributed by atoms with E-state index in [1.54, 1.807) is 13.2 Å². The lowest BCUT2D eigenvalue weighted by atomic mass is 10.1. The summed E-state index contributed by atoms with van der Waals surface area (Å²) in [6.45, 7) is 4.68. The second-order valence-electron chi connectivity index (χ2n) is 6.37. The van der Waals surface area contributed by atoms with Gasteiger partial charge in [0, 0.05) is 16.5 Å². The van der Waals surface area contributed by atoms with Crippen molar-refractivity contribution in [2.24, 2.45) is 0 Å². The predicted molar refractivity (Wildman–Crippen MR) is 119 cm³/mol. The van der Waals surface area contributed by atoms with Crippen molar-refractivity contribution in [2.45, 2.75) is 20.3 Å². The molecule has 0 saturated carbocycles. The maximum atomic E-state index is 12.3. The van der Waals surface area contributed by atoms with Crippen molar-refractivity contribution in [3.05, 3.63) is 65.0 Å².